The number of alkyl halides is 3. The maximum atomic E-state index is 12.8. The number of hydrogen-bond donors (Lipinski definition) is 1. The van der Waals surface area contributed by atoms with Gasteiger partial charge in [-0.3, -0.25) is 0 Å². The number of nitriles is 1. The third kappa shape index (κ3) is 2.80. The summed E-state index contributed by atoms with van der Waals surface area (Å²) in [5, 5.41) is 19.1. The zero-order chi connectivity index (χ0) is 16.7. The van der Waals surface area contributed by atoms with Crippen molar-refractivity contribution in [1.29, 1.82) is 5.26 Å². The lowest BCUT2D eigenvalue weighted by atomic mass is 10.0. The Labute approximate surface area is 134 Å². The average Bonchev–Trinajstić information content (AvgIpc) is 2.77. The van der Waals surface area contributed by atoms with Gasteiger partial charge in [-0.25, -0.2) is 4.98 Å². The molecule has 1 N–H and O–H groups in total. The summed E-state index contributed by atoms with van der Waals surface area (Å²) in [6.45, 7) is 0. The monoisotopic (exact) mass is 393 g/mol. The molecule has 0 bridgehead atoms. The van der Waals surface area contributed by atoms with Crippen molar-refractivity contribution in [2.24, 2.45) is 0 Å². The van der Waals surface area contributed by atoms with Crippen molar-refractivity contribution in [3.63, 3.8) is 0 Å². The Morgan fingerprint density at radius 1 is 1.41 bits per heavy atom. The third-order valence-electron chi connectivity index (χ3n) is 2.76. The minimum Gasteiger partial charge on any atom is -0.358 e. The molecule has 22 heavy (non-hydrogen) atoms. The molecule has 0 aliphatic rings. The van der Waals surface area contributed by atoms with Crippen LogP contribution in [0.1, 0.15) is 11.3 Å². The number of hydrogen-bond acceptors (Lipinski definition) is 3. The van der Waals surface area contributed by atoms with E-state index < -0.39 is 33.2 Å². The summed E-state index contributed by atoms with van der Waals surface area (Å²) in [6, 6.07) is 5.76. The van der Waals surface area contributed by atoms with E-state index in [1.807, 2.05) is 6.07 Å². The zero-order valence-corrected chi connectivity index (χ0v) is 12.7. The summed E-state index contributed by atoms with van der Waals surface area (Å²) in [4.78, 5) is 11.7. The van der Waals surface area contributed by atoms with Crippen LogP contribution < -0.4 is 0 Å². The second-order valence-corrected chi connectivity index (χ2v) is 5.33. The number of rotatable bonds is 2. The molecule has 10 heteroatoms. The second-order valence-electron chi connectivity index (χ2n) is 4.10. The number of aromatic amines is 1. The van der Waals surface area contributed by atoms with E-state index in [1.165, 1.54) is 18.2 Å². The van der Waals surface area contributed by atoms with Crippen LogP contribution in [-0.4, -0.2) is 9.91 Å². The van der Waals surface area contributed by atoms with Gasteiger partial charge < -0.3 is 10.1 Å². The van der Waals surface area contributed by atoms with Crippen molar-refractivity contribution in [3.8, 4) is 17.2 Å². The highest BCUT2D eigenvalue weighted by Crippen LogP contribution is 2.45. The van der Waals surface area contributed by atoms with Gasteiger partial charge in [0.15, 0.2) is 0 Å². The maximum Gasteiger partial charge on any atom is 0.454 e. The van der Waals surface area contributed by atoms with Crippen molar-refractivity contribution in [3.05, 3.63) is 49.1 Å². The first kappa shape index (κ1) is 16.3. The van der Waals surface area contributed by atoms with Gasteiger partial charge in [-0.05, 0) is 38.5 Å². The Morgan fingerprint density at radius 3 is 2.55 bits per heavy atom. The van der Waals surface area contributed by atoms with Gasteiger partial charge in [-0.15, -0.1) is 0 Å². The minimum atomic E-state index is -4.87. The van der Waals surface area contributed by atoms with E-state index in [4.69, 9.17) is 16.9 Å². The van der Waals surface area contributed by atoms with E-state index in [0.29, 0.717) is 4.47 Å². The lowest BCUT2D eigenvalue weighted by Crippen LogP contribution is -2.06. The van der Waals surface area contributed by atoms with E-state index in [-0.39, 0.29) is 11.1 Å². The van der Waals surface area contributed by atoms with Gasteiger partial charge in [-0.2, -0.15) is 18.4 Å². The summed E-state index contributed by atoms with van der Waals surface area (Å²) in [7, 11) is 0. The minimum absolute atomic E-state index is 0.0307. The molecule has 0 amide bonds. The van der Waals surface area contributed by atoms with E-state index in [1.54, 1.807) is 4.98 Å². The fraction of sp³-hybridized carbons (Fsp3) is 0.0833. The van der Waals surface area contributed by atoms with Gasteiger partial charge in [0.2, 0.25) is 5.69 Å². The van der Waals surface area contributed by atoms with Gasteiger partial charge in [-0.1, -0.05) is 17.7 Å². The smallest absolute Gasteiger partial charge is 0.358 e. The van der Waals surface area contributed by atoms with Crippen LogP contribution in [0.3, 0.4) is 0 Å². The standard InChI is InChI=1S/C12H4BrClF3N3O2/c13-7-2-1-5(3-6(7)4-18)8-9(14)10(12(15,16)17)19-11(8)20(21)22/h1-3,19H. The van der Waals surface area contributed by atoms with Crippen molar-refractivity contribution in [2.75, 3.05) is 0 Å². The van der Waals surface area contributed by atoms with Crippen molar-refractivity contribution in [1.82, 2.24) is 4.98 Å². The maximum absolute atomic E-state index is 12.8. The lowest BCUT2D eigenvalue weighted by molar-refractivity contribution is -0.388. The molecule has 114 valence electrons. The van der Waals surface area contributed by atoms with Crippen LogP contribution >= 0.6 is 27.5 Å². The number of H-pyrrole nitrogens is 1. The SMILES string of the molecule is N#Cc1cc(-c2c([N+](=O)[O-])[nH]c(C(F)(F)F)c2Cl)ccc1Br. The fourth-order valence-corrected chi connectivity index (χ4v) is 2.52. The average molecular weight is 395 g/mol. The van der Waals surface area contributed by atoms with E-state index in [0.717, 1.165) is 0 Å². The lowest BCUT2D eigenvalue weighted by Gasteiger charge is -2.03. The van der Waals surface area contributed by atoms with Gasteiger partial charge in [0.1, 0.15) is 11.1 Å². The molecule has 2 aromatic rings. The van der Waals surface area contributed by atoms with Crippen LogP contribution in [0.25, 0.3) is 11.1 Å². The Balaban J connectivity index is 2.77. The molecule has 1 aromatic heterocycles. The predicted molar refractivity (Wildman–Crippen MR) is 75.3 cm³/mol. The highest BCUT2D eigenvalue weighted by atomic mass is 79.9. The molecule has 0 spiro atoms. The van der Waals surface area contributed by atoms with Crippen molar-refractivity contribution in [2.45, 2.75) is 6.18 Å². The Bertz CT molecular complexity index is 811. The molecule has 2 rings (SSSR count). The molecule has 1 heterocycles. The van der Waals surface area contributed by atoms with Crippen LogP contribution in [0.4, 0.5) is 19.0 Å². The second kappa shape index (κ2) is 5.62. The largest absolute Gasteiger partial charge is 0.454 e. The first-order chi connectivity index (χ1) is 10.2. The van der Waals surface area contributed by atoms with E-state index >= 15 is 0 Å². The molecular weight excluding hydrogens is 391 g/mol. The number of benzene rings is 1. The third-order valence-corrected chi connectivity index (χ3v) is 3.83. The van der Waals surface area contributed by atoms with Crippen molar-refractivity contribution >= 4 is 33.3 Å². The first-order valence-electron chi connectivity index (χ1n) is 5.50. The fourth-order valence-electron chi connectivity index (χ4n) is 1.83. The normalized spacial score (nSPS) is 11.3. The highest BCUT2D eigenvalue weighted by Gasteiger charge is 2.42. The highest BCUT2D eigenvalue weighted by molar-refractivity contribution is 9.10. The van der Waals surface area contributed by atoms with Gasteiger partial charge in [0.05, 0.1) is 11.1 Å². The number of halogens is 5. The van der Waals surface area contributed by atoms with Gasteiger partial charge in [0.25, 0.3) is 0 Å². The molecule has 0 aliphatic heterocycles. The molecule has 0 fully saturated rings. The number of aromatic nitrogens is 1. The molecule has 0 atom stereocenters. The van der Waals surface area contributed by atoms with Crippen LogP contribution in [0, 0.1) is 21.4 Å². The molecular formula is C12H4BrClF3N3O2. The molecule has 0 aliphatic carbocycles. The van der Waals surface area contributed by atoms with Crippen LogP contribution in [-0.2, 0) is 6.18 Å². The zero-order valence-electron chi connectivity index (χ0n) is 10.3. The predicted octanol–water partition coefficient (Wildman–Crippen LogP) is 4.90. The Morgan fingerprint density at radius 2 is 2.05 bits per heavy atom. The molecule has 0 unspecified atom stereocenters. The van der Waals surface area contributed by atoms with E-state index in [2.05, 4.69) is 15.9 Å². The number of nitrogens with one attached hydrogen (secondary N) is 1. The number of nitrogens with zero attached hydrogens (tertiary/aromatic N) is 2. The van der Waals surface area contributed by atoms with Crippen LogP contribution in [0.2, 0.25) is 5.02 Å². The molecule has 0 saturated carbocycles. The topological polar surface area (TPSA) is 82.7 Å². The molecule has 0 radical (unpaired) electrons. The van der Waals surface area contributed by atoms with Gasteiger partial charge >= 0.3 is 12.0 Å². The van der Waals surface area contributed by atoms with Crippen LogP contribution in [0.15, 0.2) is 22.7 Å². The molecule has 5 nitrogen and oxygen atoms in total. The van der Waals surface area contributed by atoms with Crippen molar-refractivity contribution < 1.29 is 18.1 Å². The molecule has 1 aromatic carbocycles. The first-order valence-corrected chi connectivity index (χ1v) is 6.67. The number of nitro groups is 1. The Hall–Kier alpha value is -2.05. The quantitative estimate of drug-likeness (QED) is 0.581. The summed E-state index contributed by atoms with van der Waals surface area (Å²) in [5.41, 5.74) is -1.68. The summed E-state index contributed by atoms with van der Waals surface area (Å²) < 4.78 is 38.9. The van der Waals surface area contributed by atoms with Crippen LogP contribution in [0.5, 0.6) is 0 Å². The molecule has 0 saturated heterocycles. The summed E-state index contributed by atoms with van der Waals surface area (Å²) in [6.07, 6.45) is -4.87. The summed E-state index contributed by atoms with van der Waals surface area (Å²) >= 11 is 8.77. The Kier molecular flexibility index (Phi) is 4.17. The van der Waals surface area contributed by atoms with E-state index in [9.17, 15) is 23.3 Å². The summed E-state index contributed by atoms with van der Waals surface area (Å²) in [5.74, 6) is -0.886. The van der Waals surface area contributed by atoms with Gasteiger partial charge in [0, 0.05) is 4.47 Å².